The van der Waals surface area contributed by atoms with E-state index in [0.717, 1.165) is 25.7 Å². The monoisotopic (exact) mass is 552 g/mol. The van der Waals surface area contributed by atoms with Gasteiger partial charge in [-0.2, -0.15) is 0 Å². The zero-order valence-electron chi connectivity index (χ0n) is 25.8. The van der Waals surface area contributed by atoms with Gasteiger partial charge >= 0.3 is 5.97 Å². The predicted octanol–water partition coefficient (Wildman–Crippen LogP) is 5.83. The molecule has 8 heteroatoms. The molecule has 1 saturated heterocycles. The van der Waals surface area contributed by atoms with Crippen molar-refractivity contribution in [1.82, 2.24) is 10.6 Å². The summed E-state index contributed by atoms with van der Waals surface area (Å²) >= 11 is 0. The summed E-state index contributed by atoms with van der Waals surface area (Å²) in [6.45, 7) is 14.8. The SMILES string of the molecule is CCCCC=CCCCCCCC(C)(C)C(=O)NCCCOC(=O)CCNC(=O)C1OC(C)(C)OCC1(C)C. The topological polar surface area (TPSA) is 103 Å². The third-order valence-electron chi connectivity index (χ3n) is 7.07. The maximum atomic E-state index is 12.6. The minimum Gasteiger partial charge on any atom is -0.466 e. The van der Waals surface area contributed by atoms with E-state index in [4.69, 9.17) is 14.2 Å². The molecule has 39 heavy (non-hydrogen) atoms. The van der Waals surface area contributed by atoms with E-state index in [0.29, 0.717) is 19.6 Å². The molecule has 1 aliphatic rings. The quantitative estimate of drug-likeness (QED) is 0.119. The summed E-state index contributed by atoms with van der Waals surface area (Å²) in [5.74, 6) is -1.43. The minimum atomic E-state index is -0.827. The van der Waals surface area contributed by atoms with Gasteiger partial charge in [-0.25, -0.2) is 0 Å². The van der Waals surface area contributed by atoms with Gasteiger partial charge in [-0.1, -0.05) is 78.9 Å². The summed E-state index contributed by atoms with van der Waals surface area (Å²) in [5.41, 5.74) is -0.878. The highest BCUT2D eigenvalue weighted by molar-refractivity contribution is 5.82. The van der Waals surface area contributed by atoms with Crippen molar-refractivity contribution in [2.75, 3.05) is 26.3 Å². The molecule has 1 heterocycles. The fraction of sp³-hybridized carbons (Fsp3) is 0.839. The molecular formula is C31H56N2O6. The molecular weight excluding hydrogens is 496 g/mol. The van der Waals surface area contributed by atoms with Gasteiger partial charge in [-0.05, 0) is 46.0 Å². The molecule has 0 aromatic carbocycles. The van der Waals surface area contributed by atoms with E-state index in [2.05, 4.69) is 29.7 Å². The van der Waals surface area contributed by atoms with Crippen molar-refractivity contribution in [2.45, 2.75) is 131 Å². The first-order valence-electron chi connectivity index (χ1n) is 15.0. The van der Waals surface area contributed by atoms with Crippen LogP contribution in [0.3, 0.4) is 0 Å². The van der Waals surface area contributed by atoms with E-state index in [9.17, 15) is 14.4 Å². The Morgan fingerprint density at radius 1 is 0.923 bits per heavy atom. The van der Waals surface area contributed by atoms with Crippen LogP contribution in [-0.2, 0) is 28.6 Å². The van der Waals surface area contributed by atoms with Gasteiger partial charge in [0.05, 0.1) is 19.6 Å². The average Bonchev–Trinajstić information content (AvgIpc) is 2.86. The lowest BCUT2D eigenvalue weighted by molar-refractivity contribution is -0.304. The highest BCUT2D eigenvalue weighted by atomic mass is 16.7. The smallest absolute Gasteiger partial charge is 0.307 e. The van der Waals surface area contributed by atoms with Crippen LogP contribution in [0.25, 0.3) is 0 Å². The molecule has 2 N–H and O–H groups in total. The number of hydrogen-bond donors (Lipinski definition) is 2. The molecule has 1 fully saturated rings. The van der Waals surface area contributed by atoms with E-state index < -0.39 is 22.7 Å². The second-order valence-electron chi connectivity index (χ2n) is 12.5. The highest BCUT2D eigenvalue weighted by Gasteiger charge is 2.45. The Labute approximate surface area is 237 Å². The first-order valence-corrected chi connectivity index (χ1v) is 15.0. The van der Waals surface area contributed by atoms with E-state index >= 15 is 0 Å². The van der Waals surface area contributed by atoms with Crippen molar-refractivity contribution in [3.63, 3.8) is 0 Å². The van der Waals surface area contributed by atoms with Crippen LogP contribution in [0.1, 0.15) is 119 Å². The molecule has 1 aliphatic heterocycles. The number of hydrogen-bond acceptors (Lipinski definition) is 6. The van der Waals surface area contributed by atoms with Gasteiger partial charge in [-0.15, -0.1) is 0 Å². The fourth-order valence-electron chi connectivity index (χ4n) is 4.33. The first kappa shape index (κ1) is 35.1. The summed E-state index contributed by atoms with van der Waals surface area (Å²) in [4.78, 5) is 37.2. The number of amides is 2. The van der Waals surface area contributed by atoms with E-state index in [1.54, 1.807) is 13.8 Å². The van der Waals surface area contributed by atoms with E-state index in [-0.39, 0.29) is 37.4 Å². The number of carbonyl (C=O) groups excluding carboxylic acids is 3. The average molecular weight is 553 g/mol. The number of nitrogens with one attached hydrogen (secondary N) is 2. The van der Waals surface area contributed by atoms with Crippen LogP contribution in [0.4, 0.5) is 0 Å². The van der Waals surface area contributed by atoms with Crippen LogP contribution in [-0.4, -0.2) is 56.0 Å². The van der Waals surface area contributed by atoms with E-state index in [1.165, 1.54) is 32.1 Å². The predicted molar refractivity (Wildman–Crippen MR) is 155 cm³/mol. The Hall–Kier alpha value is -1.93. The summed E-state index contributed by atoms with van der Waals surface area (Å²) < 4.78 is 16.7. The lowest BCUT2D eigenvalue weighted by Gasteiger charge is -2.44. The molecule has 1 atom stereocenters. The van der Waals surface area contributed by atoms with Crippen molar-refractivity contribution < 1.29 is 28.6 Å². The molecule has 1 unspecified atom stereocenters. The Morgan fingerprint density at radius 2 is 1.59 bits per heavy atom. The second-order valence-corrected chi connectivity index (χ2v) is 12.5. The molecule has 0 aromatic rings. The number of unbranched alkanes of at least 4 members (excludes halogenated alkanes) is 6. The van der Waals surface area contributed by atoms with E-state index in [1.807, 2.05) is 27.7 Å². The third kappa shape index (κ3) is 14.9. The molecule has 1 rings (SSSR count). The van der Waals surface area contributed by atoms with Gasteiger partial charge in [0.25, 0.3) is 0 Å². The third-order valence-corrected chi connectivity index (χ3v) is 7.07. The number of ether oxygens (including phenoxy) is 3. The van der Waals surface area contributed by atoms with Crippen molar-refractivity contribution in [1.29, 1.82) is 0 Å². The molecule has 2 amide bonds. The lowest BCUT2D eigenvalue weighted by atomic mass is 9.85. The van der Waals surface area contributed by atoms with Crippen LogP contribution in [0.2, 0.25) is 0 Å². The Kier molecular flexibility index (Phi) is 15.9. The van der Waals surface area contributed by atoms with Gasteiger partial charge in [0.15, 0.2) is 5.79 Å². The molecule has 0 bridgehead atoms. The Morgan fingerprint density at radius 3 is 2.28 bits per heavy atom. The Balaban J connectivity index is 2.12. The van der Waals surface area contributed by atoms with Gasteiger partial charge in [0.1, 0.15) is 6.10 Å². The van der Waals surface area contributed by atoms with Crippen LogP contribution < -0.4 is 10.6 Å². The normalized spacial score (nSPS) is 18.6. The molecule has 0 radical (unpaired) electrons. The standard InChI is InChI=1S/C31H56N2O6/c1-8-9-10-11-12-13-14-15-16-17-20-29(2,3)28(36)33-21-18-23-37-25(34)19-22-32-27(35)26-30(4,5)24-38-31(6,7)39-26/h11-12,26H,8-10,13-24H2,1-7H3,(H,32,35)(H,33,36). The largest absolute Gasteiger partial charge is 0.466 e. The fourth-order valence-corrected chi connectivity index (χ4v) is 4.33. The molecule has 226 valence electrons. The maximum absolute atomic E-state index is 12.6. The summed E-state index contributed by atoms with van der Waals surface area (Å²) in [6, 6.07) is 0. The molecule has 0 aliphatic carbocycles. The summed E-state index contributed by atoms with van der Waals surface area (Å²) in [6.07, 6.45) is 14.9. The van der Waals surface area contributed by atoms with Crippen LogP contribution >= 0.6 is 0 Å². The van der Waals surface area contributed by atoms with Crippen molar-refractivity contribution in [3.05, 3.63) is 12.2 Å². The van der Waals surface area contributed by atoms with Crippen molar-refractivity contribution >= 4 is 17.8 Å². The number of carbonyl (C=O) groups is 3. The van der Waals surface area contributed by atoms with Crippen molar-refractivity contribution in [3.8, 4) is 0 Å². The molecule has 0 aromatic heterocycles. The van der Waals surface area contributed by atoms with Crippen molar-refractivity contribution in [2.24, 2.45) is 10.8 Å². The van der Waals surface area contributed by atoms with Gasteiger partial charge in [0, 0.05) is 23.9 Å². The van der Waals surface area contributed by atoms with Gasteiger partial charge < -0.3 is 24.8 Å². The number of esters is 1. The Bertz CT molecular complexity index is 775. The molecule has 8 nitrogen and oxygen atoms in total. The van der Waals surface area contributed by atoms with Crippen LogP contribution in [0, 0.1) is 10.8 Å². The maximum Gasteiger partial charge on any atom is 0.307 e. The molecule has 0 spiro atoms. The van der Waals surface area contributed by atoms with Crippen LogP contribution in [0.5, 0.6) is 0 Å². The van der Waals surface area contributed by atoms with Gasteiger partial charge in [-0.3, -0.25) is 14.4 Å². The second kappa shape index (κ2) is 17.7. The highest BCUT2D eigenvalue weighted by Crippen LogP contribution is 2.34. The summed E-state index contributed by atoms with van der Waals surface area (Å²) in [7, 11) is 0. The molecule has 0 saturated carbocycles. The number of allylic oxidation sites excluding steroid dienone is 2. The van der Waals surface area contributed by atoms with Gasteiger partial charge in [0.2, 0.25) is 11.8 Å². The van der Waals surface area contributed by atoms with Crippen LogP contribution in [0.15, 0.2) is 12.2 Å². The lowest BCUT2D eigenvalue weighted by Crippen LogP contribution is -2.56. The minimum absolute atomic E-state index is 0.0387. The summed E-state index contributed by atoms with van der Waals surface area (Å²) in [5, 5.41) is 5.74. The number of rotatable bonds is 19. The zero-order valence-corrected chi connectivity index (χ0v) is 25.8. The zero-order chi connectivity index (χ0) is 29.4. The first-order chi connectivity index (χ1) is 18.3.